The van der Waals surface area contributed by atoms with Gasteiger partial charge in [0, 0.05) is 12.2 Å². The highest BCUT2D eigenvalue weighted by Crippen LogP contribution is 2.33. The lowest BCUT2D eigenvalue weighted by Crippen LogP contribution is -2.47. The Kier molecular flexibility index (Phi) is 2.22. The van der Waals surface area contributed by atoms with E-state index in [9.17, 15) is 0 Å². The van der Waals surface area contributed by atoms with Gasteiger partial charge in [-0.2, -0.15) is 5.26 Å². The van der Waals surface area contributed by atoms with E-state index in [-0.39, 0.29) is 6.04 Å². The Morgan fingerprint density at radius 3 is 2.93 bits per heavy atom. The smallest absolute Gasteiger partial charge is 0.118 e. The molecule has 72 valence electrons. The van der Waals surface area contributed by atoms with Crippen molar-refractivity contribution in [2.45, 2.75) is 12.5 Å². The van der Waals surface area contributed by atoms with Gasteiger partial charge in [0.25, 0.3) is 0 Å². The Balaban J connectivity index is 2.32. The van der Waals surface area contributed by atoms with E-state index in [4.69, 9.17) is 22.6 Å². The average Bonchev–Trinajstić information content (AvgIpc) is 2.10. The molecule has 1 fully saturated rings. The van der Waals surface area contributed by atoms with Crippen LogP contribution in [0.4, 0.5) is 11.4 Å². The summed E-state index contributed by atoms with van der Waals surface area (Å²) >= 11 is 6.02. The maximum atomic E-state index is 8.81. The number of rotatable bonds is 1. The first-order chi connectivity index (χ1) is 6.72. The zero-order valence-corrected chi connectivity index (χ0v) is 8.33. The molecule has 4 heteroatoms. The van der Waals surface area contributed by atoms with E-state index < -0.39 is 0 Å². The van der Waals surface area contributed by atoms with E-state index in [1.807, 2.05) is 11.0 Å². The molecular weight excluding hydrogens is 198 g/mol. The van der Waals surface area contributed by atoms with Crippen LogP contribution in [0.1, 0.15) is 6.42 Å². The number of halogens is 1. The van der Waals surface area contributed by atoms with Crippen LogP contribution in [0.15, 0.2) is 18.2 Å². The molecule has 2 N–H and O–H groups in total. The standard InChI is InChI=1S/C10H10ClN3/c11-9-2-1-7(13)5-10(9)14-4-3-8(14)6-12/h1-2,5,8H,3-4,13H2. The van der Waals surface area contributed by atoms with Crippen LogP contribution in [0, 0.1) is 11.3 Å². The maximum Gasteiger partial charge on any atom is 0.118 e. The second-order valence-corrected chi connectivity index (χ2v) is 3.75. The first-order valence-corrected chi connectivity index (χ1v) is 4.81. The minimum Gasteiger partial charge on any atom is -0.399 e. The van der Waals surface area contributed by atoms with Gasteiger partial charge in [-0.1, -0.05) is 11.6 Å². The Labute approximate surface area is 87.7 Å². The molecule has 0 saturated carbocycles. The van der Waals surface area contributed by atoms with Gasteiger partial charge in [0.2, 0.25) is 0 Å². The molecule has 0 radical (unpaired) electrons. The average molecular weight is 208 g/mol. The largest absolute Gasteiger partial charge is 0.399 e. The van der Waals surface area contributed by atoms with Crippen LogP contribution in [0.25, 0.3) is 0 Å². The third-order valence-electron chi connectivity index (χ3n) is 2.45. The van der Waals surface area contributed by atoms with Gasteiger partial charge in [-0.3, -0.25) is 0 Å². The molecular formula is C10H10ClN3. The lowest BCUT2D eigenvalue weighted by molar-refractivity contribution is 0.531. The Hall–Kier alpha value is -1.40. The van der Waals surface area contributed by atoms with Gasteiger partial charge in [-0.05, 0) is 24.6 Å². The van der Waals surface area contributed by atoms with Crippen molar-refractivity contribution in [1.29, 1.82) is 5.26 Å². The Morgan fingerprint density at radius 2 is 2.36 bits per heavy atom. The van der Waals surface area contributed by atoms with Gasteiger partial charge in [0.1, 0.15) is 6.04 Å². The number of benzene rings is 1. The van der Waals surface area contributed by atoms with Crippen molar-refractivity contribution in [1.82, 2.24) is 0 Å². The summed E-state index contributed by atoms with van der Waals surface area (Å²) in [4.78, 5) is 1.97. The van der Waals surface area contributed by atoms with Gasteiger partial charge in [0.15, 0.2) is 0 Å². The molecule has 1 aliphatic rings. The molecule has 0 amide bonds. The van der Waals surface area contributed by atoms with Gasteiger partial charge in [-0.15, -0.1) is 0 Å². The summed E-state index contributed by atoms with van der Waals surface area (Å²) < 4.78 is 0. The summed E-state index contributed by atoms with van der Waals surface area (Å²) in [5.41, 5.74) is 7.20. The summed E-state index contributed by atoms with van der Waals surface area (Å²) in [6, 6.07) is 7.51. The topological polar surface area (TPSA) is 53.0 Å². The molecule has 14 heavy (non-hydrogen) atoms. The molecule has 2 rings (SSSR count). The van der Waals surface area contributed by atoms with E-state index in [2.05, 4.69) is 6.07 Å². The number of hydrogen-bond donors (Lipinski definition) is 1. The minimum atomic E-state index is -0.0469. The molecule has 1 unspecified atom stereocenters. The van der Waals surface area contributed by atoms with Crippen molar-refractivity contribution in [3.05, 3.63) is 23.2 Å². The fourth-order valence-corrected chi connectivity index (χ4v) is 1.79. The van der Waals surface area contributed by atoms with Crippen molar-refractivity contribution < 1.29 is 0 Å². The van der Waals surface area contributed by atoms with Crippen molar-refractivity contribution in [2.24, 2.45) is 0 Å². The number of anilines is 2. The highest BCUT2D eigenvalue weighted by molar-refractivity contribution is 6.33. The lowest BCUT2D eigenvalue weighted by Gasteiger charge is -2.39. The minimum absolute atomic E-state index is 0.0469. The van der Waals surface area contributed by atoms with E-state index in [0.29, 0.717) is 10.7 Å². The van der Waals surface area contributed by atoms with E-state index in [1.54, 1.807) is 12.1 Å². The van der Waals surface area contributed by atoms with Crippen LogP contribution >= 0.6 is 11.6 Å². The number of nitriles is 1. The van der Waals surface area contributed by atoms with Gasteiger partial charge >= 0.3 is 0 Å². The first-order valence-electron chi connectivity index (χ1n) is 4.43. The van der Waals surface area contributed by atoms with Crippen LogP contribution in [-0.4, -0.2) is 12.6 Å². The molecule has 1 saturated heterocycles. The third-order valence-corrected chi connectivity index (χ3v) is 2.77. The Bertz CT molecular complexity index is 397. The number of hydrogen-bond acceptors (Lipinski definition) is 3. The monoisotopic (exact) mass is 207 g/mol. The molecule has 0 aliphatic carbocycles. The van der Waals surface area contributed by atoms with E-state index in [0.717, 1.165) is 18.7 Å². The predicted molar refractivity (Wildman–Crippen MR) is 57.2 cm³/mol. The van der Waals surface area contributed by atoms with Crippen LogP contribution in [0.5, 0.6) is 0 Å². The zero-order chi connectivity index (χ0) is 10.1. The van der Waals surface area contributed by atoms with Gasteiger partial charge in [-0.25, -0.2) is 0 Å². The predicted octanol–water partition coefficient (Wildman–Crippen LogP) is 2.02. The molecule has 1 aromatic carbocycles. The summed E-state index contributed by atoms with van der Waals surface area (Å²) in [6.45, 7) is 0.876. The number of nitrogen functional groups attached to an aromatic ring is 1. The fourth-order valence-electron chi connectivity index (χ4n) is 1.56. The highest BCUT2D eigenvalue weighted by atomic mass is 35.5. The summed E-state index contributed by atoms with van der Waals surface area (Å²) in [7, 11) is 0. The quantitative estimate of drug-likeness (QED) is 0.717. The van der Waals surface area contributed by atoms with Crippen molar-refractivity contribution >= 4 is 23.0 Å². The van der Waals surface area contributed by atoms with Crippen LogP contribution in [0.3, 0.4) is 0 Å². The molecule has 1 aromatic rings. The Morgan fingerprint density at radius 1 is 1.57 bits per heavy atom. The lowest BCUT2D eigenvalue weighted by atomic mass is 10.0. The molecule has 0 spiro atoms. The van der Waals surface area contributed by atoms with Crippen molar-refractivity contribution in [3.63, 3.8) is 0 Å². The van der Waals surface area contributed by atoms with Crippen LogP contribution in [-0.2, 0) is 0 Å². The molecule has 1 heterocycles. The number of nitrogens with two attached hydrogens (primary N) is 1. The third kappa shape index (κ3) is 1.38. The maximum absolute atomic E-state index is 8.81. The normalized spacial score (nSPS) is 20.0. The van der Waals surface area contributed by atoms with E-state index >= 15 is 0 Å². The summed E-state index contributed by atoms with van der Waals surface area (Å²) in [5.74, 6) is 0. The molecule has 0 aromatic heterocycles. The molecule has 0 bridgehead atoms. The van der Waals surface area contributed by atoms with Crippen LogP contribution in [0.2, 0.25) is 5.02 Å². The molecule has 3 nitrogen and oxygen atoms in total. The van der Waals surface area contributed by atoms with Gasteiger partial charge in [0.05, 0.1) is 16.8 Å². The van der Waals surface area contributed by atoms with Gasteiger partial charge < -0.3 is 10.6 Å². The second-order valence-electron chi connectivity index (χ2n) is 3.34. The molecule has 1 atom stereocenters. The first kappa shape index (κ1) is 9.17. The second kappa shape index (κ2) is 3.39. The molecule has 1 aliphatic heterocycles. The number of nitrogens with zero attached hydrogens (tertiary/aromatic N) is 2. The van der Waals surface area contributed by atoms with Crippen molar-refractivity contribution in [2.75, 3.05) is 17.2 Å². The summed E-state index contributed by atoms with van der Waals surface area (Å²) in [6.07, 6.45) is 0.904. The highest BCUT2D eigenvalue weighted by Gasteiger charge is 2.29. The van der Waals surface area contributed by atoms with Crippen LogP contribution < -0.4 is 10.6 Å². The SMILES string of the molecule is N#CC1CCN1c1cc(N)ccc1Cl. The summed E-state index contributed by atoms with van der Waals surface area (Å²) in [5, 5.41) is 9.46. The fraction of sp³-hybridized carbons (Fsp3) is 0.300. The van der Waals surface area contributed by atoms with E-state index in [1.165, 1.54) is 0 Å². The zero-order valence-electron chi connectivity index (χ0n) is 7.57. The van der Waals surface area contributed by atoms with Crippen molar-refractivity contribution in [3.8, 4) is 6.07 Å².